The number of nitriles is 1. The Bertz CT molecular complexity index is 907. The molecule has 120 valence electrons. The fraction of sp³-hybridized carbons (Fsp3) is 0.188. The van der Waals surface area contributed by atoms with Crippen LogP contribution in [0, 0.1) is 18.3 Å². The van der Waals surface area contributed by atoms with E-state index in [0.29, 0.717) is 6.54 Å². The van der Waals surface area contributed by atoms with E-state index >= 15 is 0 Å². The summed E-state index contributed by atoms with van der Waals surface area (Å²) in [6.07, 6.45) is 1.71. The van der Waals surface area contributed by atoms with Crippen LogP contribution in [0.25, 0.3) is 0 Å². The summed E-state index contributed by atoms with van der Waals surface area (Å²) in [4.78, 5) is 20.4. The molecule has 1 N–H and O–H groups in total. The summed E-state index contributed by atoms with van der Waals surface area (Å²) in [7, 11) is 0. The van der Waals surface area contributed by atoms with Crippen LogP contribution >= 0.6 is 11.3 Å². The molecule has 7 nitrogen and oxygen atoms in total. The van der Waals surface area contributed by atoms with Crippen molar-refractivity contribution < 1.29 is 4.79 Å². The molecule has 24 heavy (non-hydrogen) atoms. The smallest absolute Gasteiger partial charge is 0.252 e. The van der Waals surface area contributed by atoms with Gasteiger partial charge in [0.1, 0.15) is 17.4 Å². The highest BCUT2D eigenvalue weighted by Gasteiger charge is 2.10. The molecule has 3 rings (SSSR count). The first-order chi connectivity index (χ1) is 11.6. The van der Waals surface area contributed by atoms with E-state index in [1.807, 2.05) is 42.6 Å². The fourth-order valence-corrected chi connectivity index (χ4v) is 2.92. The number of aryl methyl sites for hydroxylation is 1. The highest BCUT2D eigenvalue weighted by atomic mass is 32.1. The number of aromatic nitrogens is 4. The molecular formula is C16H14N6OS. The number of para-hydroxylation sites is 1. The molecule has 2 aromatic heterocycles. The molecule has 0 aliphatic heterocycles. The predicted molar refractivity (Wildman–Crippen MR) is 89.5 cm³/mol. The van der Waals surface area contributed by atoms with Gasteiger partial charge in [-0.1, -0.05) is 18.2 Å². The van der Waals surface area contributed by atoms with E-state index in [1.54, 1.807) is 4.68 Å². The van der Waals surface area contributed by atoms with Crippen molar-refractivity contribution in [1.29, 1.82) is 5.26 Å². The minimum Gasteiger partial charge on any atom is -0.325 e. The Hall–Kier alpha value is -3.05. The Morgan fingerprint density at radius 3 is 3.00 bits per heavy atom. The third-order valence-corrected chi connectivity index (χ3v) is 4.19. The standard InChI is InChI=1S/C16H14N6OS/c1-11-4-2-3-5-13(11)20-15(23)6-16-19-12(9-24-16)8-22-10-18-14(7-17)21-22/h2-5,9-10H,6,8H2,1H3,(H,20,23). The van der Waals surface area contributed by atoms with Gasteiger partial charge in [-0.25, -0.2) is 14.6 Å². The van der Waals surface area contributed by atoms with Crippen LogP contribution < -0.4 is 5.32 Å². The van der Waals surface area contributed by atoms with Gasteiger partial charge >= 0.3 is 0 Å². The van der Waals surface area contributed by atoms with Crippen molar-refractivity contribution in [2.75, 3.05) is 5.32 Å². The van der Waals surface area contributed by atoms with Gasteiger partial charge in [0.15, 0.2) is 0 Å². The molecule has 1 amide bonds. The summed E-state index contributed by atoms with van der Waals surface area (Å²) in [5.41, 5.74) is 2.61. The number of thiazole rings is 1. The summed E-state index contributed by atoms with van der Waals surface area (Å²) >= 11 is 1.43. The number of rotatable bonds is 5. The molecule has 0 saturated carbocycles. The molecule has 3 aromatic rings. The van der Waals surface area contributed by atoms with Crippen molar-refractivity contribution in [2.24, 2.45) is 0 Å². The second-order valence-corrected chi connectivity index (χ2v) is 6.09. The van der Waals surface area contributed by atoms with Gasteiger partial charge in [0, 0.05) is 11.1 Å². The van der Waals surface area contributed by atoms with Crippen molar-refractivity contribution in [3.63, 3.8) is 0 Å². The number of benzene rings is 1. The van der Waals surface area contributed by atoms with Gasteiger partial charge in [0.2, 0.25) is 5.91 Å². The van der Waals surface area contributed by atoms with Crippen LogP contribution in [0.1, 0.15) is 22.1 Å². The van der Waals surface area contributed by atoms with E-state index in [0.717, 1.165) is 22.0 Å². The van der Waals surface area contributed by atoms with Gasteiger partial charge in [-0.3, -0.25) is 4.79 Å². The van der Waals surface area contributed by atoms with Gasteiger partial charge < -0.3 is 5.32 Å². The number of carbonyl (C=O) groups is 1. The number of hydrogen-bond acceptors (Lipinski definition) is 6. The third-order valence-electron chi connectivity index (χ3n) is 3.29. The normalized spacial score (nSPS) is 10.3. The van der Waals surface area contributed by atoms with E-state index in [-0.39, 0.29) is 18.2 Å². The summed E-state index contributed by atoms with van der Waals surface area (Å²) in [6, 6.07) is 9.52. The summed E-state index contributed by atoms with van der Waals surface area (Å²) < 4.78 is 1.55. The number of nitrogens with zero attached hydrogens (tertiary/aromatic N) is 5. The van der Waals surface area contributed by atoms with E-state index in [2.05, 4.69) is 20.4 Å². The van der Waals surface area contributed by atoms with Crippen LogP contribution in [-0.4, -0.2) is 25.7 Å². The molecule has 1 aromatic carbocycles. The number of amides is 1. The molecular weight excluding hydrogens is 324 g/mol. The summed E-state index contributed by atoms with van der Waals surface area (Å²) in [6.45, 7) is 2.37. The zero-order chi connectivity index (χ0) is 16.9. The topological polar surface area (TPSA) is 96.5 Å². The second-order valence-electron chi connectivity index (χ2n) is 5.15. The zero-order valence-electron chi connectivity index (χ0n) is 12.9. The SMILES string of the molecule is Cc1ccccc1NC(=O)Cc1nc(Cn2cnc(C#N)n2)cs1. The summed E-state index contributed by atoms with van der Waals surface area (Å²) in [5.74, 6) is 0.0285. The van der Waals surface area contributed by atoms with Crippen molar-refractivity contribution in [2.45, 2.75) is 19.9 Å². The van der Waals surface area contributed by atoms with Crippen LogP contribution in [0.15, 0.2) is 36.0 Å². The maximum absolute atomic E-state index is 12.1. The lowest BCUT2D eigenvalue weighted by molar-refractivity contribution is -0.115. The first-order valence-corrected chi connectivity index (χ1v) is 8.10. The maximum Gasteiger partial charge on any atom is 0.252 e. The highest BCUT2D eigenvalue weighted by molar-refractivity contribution is 7.09. The Labute approximate surface area is 142 Å². The van der Waals surface area contributed by atoms with E-state index in [9.17, 15) is 4.79 Å². The molecule has 0 aliphatic carbocycles. The molecule has 0 aliphatic rings. The Kier molecular flexibility index (Phi) is 4.63. The fourth-order valence-electron chi connectivity index (χ4n) is 2.14. The van der Waals surface area contributed by atoms with Gasteiger partial charge in [-0.05, 0) is 18.6 Å². The molecule has 0 bridgehead atoms. The van der Waals surface area contributed by atoms with Crippen molar-refractivity contribution >= 4 is 22.9 Å². The van der Waals surface area contributed by atoms with Crippen LogP contribution in [-0.2, 0) is 17.8 Å². The van der Waals surface area contributed by atoms with Gasteiger partial charge in [0.05, 0.1) is 18.7 Å². The first kappa shape index (κ1) is 15.8. The van der Waals surface area contributed by atoms with Crippen LogP contribution in [0.4, 0.5) is 5.69 Å². The number of nitrogens with one attached hydrogen (secondary N) is 1. The minimum absolute atomic E-state index is 0.0993. The average Bonchev–Trinajstić information content (AvgIpc) is 3.19. The van der Waals surface area contributed by atoms with Gasteiger partial charge in [0.25, 0.3) is 5.82 Å². The van der Waals surface area contributed by atoms with E-state index < -0.39 is 0 Å². The largest absolute Gasteiger partial charge is 0.325 e. The summed E-state index contributed by atoms with van der Waals surface area (Å²) in [5, 5.41) is 18.2. The van der Waals surface area contributed by atoms with Crippen LogP contribution in [0.5, 0.6) is 0 Å². The van der Waals surface area contributed by atoms with Crippen LogP contribution in [0.3, 0.4) is 0 Å². The molecule has 0 unspecified atom stereocenters. The molecule has 0 spiro atoms. The number of hydrogen-bond donors (Lipinski definition) is 1. The van der Waals surface area contributed by atoms with Crippen molar-refractivity contribution in [1.82, 2.24) is 19.7 Å². The van der Waals surface area contributed by atoms with Gasteiger partial charge in [-0.15, -0.1) is 16.4 Å². The molecule has 0 radical (unpaired) electrons. The lowest BCUT2D eigenvalue weighted by atomic mass is 10.2. The van der Waals surface area contributed by atoms with Crippen molar-refractivity contribution in [3.05, 3.63) is 58.1 Å². The molecule has 8 heteroatoms. The zero-order valence-corrected chi connectivity index (χ0v) is 13.7. The lowest BCUT2D eigenvalue weighted by Gasteiger charge is -2.06. The minimum atomic E-state index is -0.0993. The van der Waals surface area contributed by atoms with Crippen molar-refractivity contribution in [3.8, 4) is 6.07 Å². The maximum atomic E-state index is 12.1. The molecule has 0 fully saturated rings. The Morgan fingerprint density at radius 2 is 2.25 bits per heavy atom. The van der Waals surface area contributed by atoms with Gasteiger partial charge in [-0.2, -0.15) is 5.26 Å². The Morgan fingerprint density at radius 1 is 1.42 bits per heavy atom. The van der Waals surface area contributed by atoms with E-state index in [1.165, 1.54) is 17.7 Å². The second kappa shape index (κ2) is 7.02. The first-order valence-electron chi connectivity index (χ1n) is 7.22. The Balaban J connectivity index is 1.60. The third kappa shape index (κ3) is 3.83. The van der Waals surface area contributed by atoms with Crippen LogP contribution in [0.2, 0.25) is 0 Å². The molecule has 0 saturated heterocycles. The predicted octanol–water partition coefficient (Wildman–Crippen LogP) is 2.14. The lowest BCUT2D eigenvalue weighted by Crippen LogP contribution is -2.15. The monoisotopic (exact) mass is 338 g/mol. The van der Waals surface area contributed by atoms with E-state index in [4.69, 9.17) is 5.26 Å². The number of carbonyl (C=O) groups excluding carboxylic acids is 1. The highest BCUT2D eigenvalue weighted by Crippen LogP contribution is 2.15. The quantitative estimate of drug-likeness (QED) is 0.769. The molecule has 2 heterocycles. The number of anilines is 1. The average molecular weight is 338 g/mol. The molecule has 0 atom stereocenters.